The number of rotatable bonds is 10. The Hall–Kier alpha value is -4.18. The van der Waals surface area contributed by atoms with Crippen molar-refractivity contribution in [2.24, 2.45) is 17.8 Å². The van der Waals surface area contributed by atoms with Crippen LogP contribution < -0.4 is 25.4 Å². The fraction of sp³-hybridized carbons (Fsp3) is 0.345. The Morgan fingerprint density at radius 1 is 1.05 bits per heavy atom. The second-order valence-electron chi connectivity index (χ2n) is 10.1. The van der Waals surface area contributed by atoms with E-state index >= 15 is 0 Å². The molecule has 4 rings (SSSR count). The van der Waals surface area contributed by atoms with Crippen LogP contribution in [0.1, 0.15) is 44.4 Å². The second kappa shape index (κ2) is 12.3. The maximum absolute atomic E-state index is 13.2. The van der Waals surface area contributed by atoms with Crippen LogP contribution in [0, 0.1) is 17.8 Å². The summed E-state index contributed by atoms with van der Waals surface area (Å²) in [6.45, 7) is 5.11. The van der Waals surface area contributed by atoms with Crippen molar-refractivity contribution in [3.05, 3.63) is 64.7 Å². The van der Waals surface area contributed by atoms with Crippen LogP contribution in [0.5, 0.6) is 11.5 Å². The quantitative estimate of drug-likeness (QED) is 0.228. The number of benzene rings is 2. The lowest BCUT2D eigenvalue weighted by molar-refractivity contribution is -0.137. The Balaban J connectivity index is 1.47. The number of amides is 4. The molecule has 2 aliphatic heterocycles. The fourth-order valence-corrected chi connectivity index (χ4v) is 4.83. The normalized spacial score (nSPS) is 19.4. The van der Waals surface area contributed by atoms with Crippen molar-refractivity contribution < 1.29 is 33.4 Å². The number of ether oxygens (including phenoxy) is 2. The standard InChI is InChI=1S/C29H30ClN3O7/c1-15(2)26(27(36)25-16(3)28(37)33-29(25)38)32-24(35)13-20(18-5-4-6-19(30)12-18)31-23(34)10-8-17-7-9-21-22(11-17)40-14-39-21/h4-12,15-16,20,25-26H,13-14H2,1-3H3,(H,31,34)(H,32,35)(H,33,37,38)/b10-8+/t16-,20?,25+,26-/m0/s1. The van der Waals surface area contributed by atoms with Crippen molar-refractivity contribution in [1.82, 2.24) is 16.0 Å². The third kappa shape index (κ3) is 6.69. The van der Waals surface area contributed by atoms with Crippen molar-refractivity contribution in [2.75, 3.05) is 6.79 Å². The van der Waals surface area contributed by atoms with Crippen LogP contribution in [0.25, 0.3) is 6.08 Å². The third-order valence-corrected chi connectivity index (χ3v) is 7.05. The summed E-state index contributed by atoms with van der Waals surface area (Å²) >= 11 is 6.17. The molecule has 1 unspecified atom stereocenters. The zero-order valence-corrected chi connectivity index (χ0v) is 23.0. The highest BCUT2D eigenvalue weighted by molar-refractivity contribution is 6.30. The summed E-state index contributed by atoms with van der Waals surface area (Å²) in [4.78, 5) is 63.4. The Bertz CT molecular complexity index is 1370. The summed E-state index contributed by atoms with van der Waals surface area (Å²) < 4.78 is 10.7. The number of ketones is 1. The highest BCUT2D eigenvalue weighted by Gasteiger charge is 2.46. The molecule has 10 nitrogen and oxygen atoms in total. The number of hydrogen-bond acceptors (Lipinski definition) is 7. The summed E-state index contributed by atoms with van der Waals surface area (Å²) in [7, 11) is 0. The Morgan fingerprint density at radius 2 is 1.80 bits per heavy atom. The number of Topliss-reactive ketones (excluding diaryl/α,β-unsaturated/α-hetero) is 1. The van der Waals surface area contributed by atoms with Crippen molar-refractivity contribution in [2.45, 2.75) is 39.3 Å². The lowest BCUT2D eigenvalue weighted by Crippen LogP contribution is -2.49. The highest BCUT2D eigenvalue weighted by atomic mass is 35.5. The Kier molecular flexibility index (Phi) is 8.89. The topological polar surface area (TPSA) is 140 Å². The van der Waals surface area contributed by atoms with Gasteiger partial charge in [0, 0.05) is 11.1 Å². The first kappa shape index (κ1) is 28.8. The largest absolute Gasteiger partial charge is 0.454 e. The molecule has 0 radical (unpaired) electrons. The van der Waals surface area contributed by atoms with Crippen LogP contribution in [-0.2, 0) is 24.0 Å². The van der Waals surface area contributed by atoms with Crippen molar-refractivity contribution >= 4 is 47.1 Å². The van der Waals surface area contributed by atoms with Crippen LogP contribution in [0.3, 0.4) is 0 Å². The number of carbonyl (C=O) groups excluding carboxylic acids is 5. The molecular formula is C29H30ClN3O7. The molecule has 2 aliphatic rings. The third-order valence-electron chi connectivity index (χ3n) is 6.82. The maximum Gasteiger partial charge on any atom is 0.244 e. The fourth-order valence-electron chi connectivity index (χ4n) is 4.63. The number of carbonyl (C=O) groups is 5. The second-order valence-corrected chi connectivity index (χ2v) is 10.5. The minimum absolute atomic E-state index is 0.140. The molecular weight excluding hydrogens is 538 g/mol. The van der Waals surface area contributed by atoms with E-state index in [0.717, 1.165) is 5.56 Å². The van der Waals surface area contributed by atoms with Gasteiger partial charge in [0.2, 0.25) is 30.4 Å². The zero-order chi connectivity index (χ0) is 29.0. The van der Waals surface area contributed by atoms with E-state index in [0.29, 0.717) is 22.1 Å². The summed E-state index contributed by atoms with van der Waals surface area (Å²) in [5.41, 5.74) is 1.31. The zero-order valence-electron chi connectivity index (χ0n) is 22.2. The van der Waals surface area contributed by atoms with E-state index in [4.69, 9.17) is 21.1 Å². The maximum atomic E-state index is 13.2. The molecule has 0 bridgehead atoms. The Labute approximate surface area is 236 Å². The minimum Gasteiger partial charge on any atom is -0.454 e. The number of hydrogen-bond donors (Lipinski definition) is 3. The predicted molar refractivity (Wildman–Crippen MR) is 146 cm³/mol. The van der Waals surface area contributed by atoms with E-state index in [9.17, 15) is 24.0 Å². The molecule has 1 saturated heterocycles. The highest BCUT2D eigenvalue weighted by Crippen LogP contribution is 2.33. The molecule has 2 aromatic rings. The summed E-state index contributed by atoms with van der Waals surface area (Å²) in [5.74, 6) is -3.84. The van der Waals surface area contributed by atoms with Crippen molar-refractivity contribution in [1.29, 1.82) is 0 Å². The molecule has 0 aromatic heterocycles. The van der Waals surface area contributed by atoms with Gasteiger partial charge >= 0.3 is 0 Å². The molecule has 2 heterocycles. The van der Waals surface area contributed by atoms with E-state index in [1.807, 2.05) is 0 Å². The van der Waals surface area contributed by atoms with E-state index in [1.165, 1.54) is 13.0 Å². The van der Waals surface area contributed by atoms with Crippen molar-refractivity contribution in [3.63, 3.8) is 0 Å². The smallest absolute Gasteiger partial charge is 0.244 e. The lowest BCUT2D eigenvalue weighted by Gasteiger charge is -2.26. The summed E-state index contributed by atoms with van der Waals surface area (Å²) in [5, 5.41) is 8.13. The molecule has 4 atom stereocenters. The van der Waals surface area contributed by atoms with Gasteiger partial charge in [0.25, 0.3) is 0 Å². The molecule has 0 saturated carbocycles. The first-order chi connectivity index (χ1) is 19.0. The average Bonchev–Trinajstić information content (AvgIpc) is 3.47. The van der Waals surface area contributed by atoms with E-state index in [1.54, 1.807) is 62.4 Å². The average molecular weight is 568 g/mol. The minimum atomic E-state index is -1.18. The predicted octanol–water partition coefficient (Wildman–Crippen LogP) is 2.95. The monoisotopic (exact) mass is 567 g/mol. The number of halogens is 1. The van der Waals surface area contributed by atoms with E-state index < -0.39 is 53.3 Å². The van der Waals surface area contributed by atoms with Gasteiger partial charge in [-0.15, -0.1) is 0 Å². The van der Waals surface area contributed by atoms with Gasteiger partial charge in [0.1, 0.15) is 5.92 Å². The molecule has 210 valence electrons. The van der Waals surface area contributed by atoms with Crippen LogP contribution in [0.2, 0.25) is 5.02 Å². The summed E-state index contributed by atoms with van der Waals surface area (Å²) in [6.07, 6.45) is 2.74. The van der Waals surface area contributed by atoms with Gasteiger partial charge in [-0.05, 0) is 47.4 Å². The van der Waals surface area contributed by atoms with Crippen molar-refractivity contribution in [3.8, 4) is 11.5 Å². The van der Waals surface area contributed by atoms with E-state index in [2.05, 4.69) is 16.0 Å². The molecule has 40 heavy (non-hydrogen) atoms. The van der Waals surface area contributed by atoms with Gasteiger partial charge in [0.15, 0.2) is 17.3 Å². The molecule has 0 spiro atoms. The van der Waals surface area contributed by atoms with Gasteiger partial charge in [0.05, 0.1) is 24.4 Å². The molecule has 0 aliphatic carbocycles. The molecule has 11 heteroatoms. The molecule has 4 amide bonds. The van der Waals surface area contributed by atoms with Crippen LogP contribution in [0.4, 0.5) is 0 Å². The Morgan fingerprint density at radius 3 is 2.48 bits per heavy atom. The molecule has 2 aromatic carbocycles. The SMILES string of the molecule is CC(C)[C@H](NC(=O)CC(NC(=O)/C=C/c1ccc2c(c1)OCO2)c1cccc(Cl)c1)C(=O)[C@@H]1C(=O)NC(=O)[C@H]1C. The van der Waals surface area contributed by atoms with Crippen LogP contribution >= 0.6 is 11.6 Å². The molecule has 1 fully saturated rings. The lowest BCUT2D eigenvalue weighted by atomic mass is 9.85. The number of fused-ring (bicyclic) bond motifs is 1. The first-order valence-electron chi connectivity index (χ1n) is 12.8. The van der Waals surface area contributed by atoms with Gasteiger partial charge < -0.3 is 20.1 Å². The molecule has 3 N–H and O–H groups in total. The van der Waals surface area contributed by atoms with Crippen LogP contribution in [-0.4, -0.2) is 42.2 Å². The summed E-state index contributed by atoms with van der Waals surface area (Å²) in [6, 6.07) is 10.2. The number of nitrogens with one attached hydrogen (secondary N) is 3. The van der Waals surface area contributed by atoms with Crippen LogP contribution in [0.15, 0.2) is 48.5 Å². The van der Waals surface area contributed by atoms with E-state index in [-0.39, 0.29) is 19.1 Å². The first-order valence-corrected chi connectivity index (χ1v) is 13.2. The number of imide groups is 1. The van der Waals surface area contributed by atoms with Gasteiger partial charge in [-0.25, -0.2) is 0 Å². The van der Waals surface area contributed by atoms with Gasteiger partial charge in [-0.2, -0.15) is 0 Å². The van der Waals surface area contributed by atoms with Gasteiger partial charge in [-0.3, -0.25) is 29.3 Å². The van der Waals surface area contributed by atoms with Gasteiger partial charge in [-0.1, -0.05) is 50.6 Å².